The van der Waals surface area contributed by atoms with Crippen LogP contribution in [0, 0.1) is 5.92 Å². The summed E-state index contributed by atoms with van der Waals surface area (Å²) in [5, 5.41) is 3.20. The number of nitrogens with one attached hydrogen (secondary N) is 1. The number of methoxy groups -OCH3 is 1. The summed E-state index contributed by atoms with van der Waals surface area (Å²) in [5.41, 5.74) is 0.749. The Hall–Kier alpha value is -3.27. The molecule has 0 saturated heterocycles. The molecule has 8 nitrogen and oxygen atoms in total. The average molecular weight is 607 g/mol. The van der Waals surface area contributed by atoms with Crippen molar-refractivity contribution in [1.82, 2.24) is 10.2 Å². The lowest BCUT2D eigenvalue weighted by molar-refractivity contribution is -0.139. The Labute approximate surface area is 245 Å². The lowest BCUT2D eigenvalue weighted by Crippen LogP contribution is -2.51. The minimum absolute atomic E-state index is 0.0269. The van der Waals surface area contributed by atoms with Gasteiger partial charge in [-0.3, -0.25) is 13.9 Å². The topological polar surface area (TPSA) is 96.0 Å². The van der Waals surface area contributed by atoms with Gasteiger partial charge in [-0.15, -0.1) is 0 Å². The maximum Gasteiger partial charge on any atom is 0.264 e. The number of carbonyl (C=O) groups is 2. The molecule has 1 N–H and O–H groups in total. The van der Waals surface area contributed by atoms with Gasteiger partial charge < -0.3 is 15.0 Å². The average Bonchev–Trinajstić information content (AvgIpc) is 2.94. The van der Waals surface area contributed by atoms with Crippen LogP contribution < -0.4 is 14.4 Å². The van der Waals surface area contributed by atoms with E-state index in [2.05, 4.69) is 5.32 Å². The smallest absolute Gasteiger partial charge is 0.264 e. The predicted octanol–water partition coefficient (Wildman–Crippen LogP) is 5.39. The molecule has 3 aromatic carbocycles. The number of halogens is 2. The highest BCUT2D eigenvalue weighted by Crippen LogP contribution is 2.33. The number of hydrogen-bond donors (Lipinski definition) is 1. The van der Waals surface area contributed by atoms with Crippen molar-refractivity contribution in [2.24, 2.45) is 5.92 Å². The standard InChI is InChI=1S/C29H33Cl2N3O5S/c1-20(2)17-32-29(36)21(3)33(18-22-9-8-10-24(15-22)39-4)28(35)19-34(27-16-23(30)13-14-26(27)31)40(37,38)25-11-6-5-7-12-25/h5-16,20-21H,17-19H2,1-4H3,(H,32,36). The summed E-state index contributed by atoms with van der Waals surface area (Å²) in [4.78, 5) is 28.4. The number of anilines is 1. The van der Waals surface area contributed by atoms with Crippen LogP contribution in [-0.2, 0) is 26.2 Å². The van der Waals surface area contributed by atoms with E-state index in [0.29, 0.717) is 17.9 Å². The number of hydrogen-bond acceptors (Lipinski definition) is 5. The Morgan fingerprint density at radius 2 is 1.65 bits per heavy atom. The van der Waals surface area contributed by atoms with E-state index in [1.807, 2.05) is 13.8 Å². The quantitative estimate of drug-likeness (QED) is 0.299. The zero-order valence-electron chi connectivity index (χ0n) is 22.8. The van der Waals surface area contributed by atoms with E-state index >= 15 is 0 Å². The number of ether oxygens (including phenoxy) is 1. The van der Waals surface area contributed by atoms with Gasteiger partial charge >= 0.3 is 0 Å². The summed E-state index contributed by atoms with van der Waals surface area (Å²) in [7, 11) is -2.72. The molecule has 0 spiro atoms. The minimum atomic E-state index is -4.25. The number of sulfonamides is 1. The molecule has 40 heavy (non-hydrogen) atoms. The highest BCUT2D eigenvalue weighted by molar-refractivity contribution is 7.92. The lowest BCUT2D eigenvalue weighted by Gasteiger charge is -2.32. The van der Waals surface area contributed by atoms with Gasteiger partial charge in [-0.05, 0) is 60.9 Å². The number of amides is 2. The second-order valence-corrected chi connectivity index (χ2v) is 12.3. The third-order valence-corrected chi connectivity index (χ3v) is 8.45. The first kappa shape index (κ1) is 31.3. The van der Waals surface area contributed by atoms with E-state index in [1.54, 1.807) is 49.4 Å². The van der Waals surface area contributed by atoms with Crippen molar-refractivity contribution in [2.45, 2.75) is 38.3 Å². The Kier molecular flexibility index (Phi) is 10.8. The maximum absolute atomic E-state index is 14.0. The number of rotatable bonds is 12. The fraction of sp³-hybridized carbons (Fsp3) is 0.310. The fourth-order valence-corrected chi connectivity index (χ4v) is 5.79. The van der Waals surface area contributed by atoms with E-state index in [4.69, 9.17) is 27.9 Å². The molecule has 3 rings (SSSR count). The number of carbonyl (C=O) groups excluding carboxylic acids is 2. The first-order chi connectivity index (χ1) is 18.9. The van der Waals surface area contributed by atoms with E-state index in [-0.39, 0.29) is 39.0 Å². The van der Waals surface area contributed by atoms with Gasteiger partial charge in [-0.2, -0.15) is 0 Å². The van der Waals surface area contributed by atoms with E-state index in [1.165, 1.54) is 42.3 Å². The molecule has 0 bridgehead atoms. The first-order valence-electron chi connectivity index (χ1n) is 12.7. The highest BCUT2D eigenvalue weighted by Gasteiger charge is 2.33. The van der Waals surface area contributed by atoms with Crippen LogP contribution in [0.4, 0.5) is 5.69 Å². The molecule has 0 radical (unpaired) electrons. The van der Waals surface area contributed by atoms with Crippen molar-refractivity contribution in [2.75, 3.05) is 24.5 Å². The molecule has 0 aliphatic carbocycles. The molecule has 0 aliphatic rings. The van der Waals surface area contributed by atoms with Crippen molar-refractivity contribution < 1.29 is 22.7 Å². The third-order valence-electron chi connectivity index (χ3n) is 6.13. The van der Waals surface area contributed by atoms with E-state index < -0.39 is 28.5 Å². The molecule has 0 aromatic heterocycles. The molecule has 2 amide bonds. The van der Waals surface area contributed by atoms with Crippen LogP contribution in [-0.4, -0.2) is 51.4 Å². The minimum Gasteiger partial charge on any atom is -0.497 e. The van der Waals surface area contributed by atoms with Gasteiger partial charge in [0.1, 0.15) is 18.3 Å². The zero-order chi connectivity index (χ0) is 29.4. The van der Waals surface area contributed by atoms with Crippen LogP contribution in [0.3, 0.4) is 0 Å². The summed E-state index contributed by atoms with van der Waals surface area (Å²) in [6, 6.07) is 18.3. The van der Waals surface area contributed by atoms with Crippen molar-refractivity contribution in [3.8, 4) is 5.75 Å². The van der Waals surface area contributed by atoms with Crippen LogP contribution in [0.1, 0.15) is 26.3 Å². The summed E-state index contributed by atoms with van der Waals surface area (Å²) in [6.45, 7) is 5.38. The van der Waals surface area contributed by atoms with E-state index in [0.717, 1.165) is 4.31 Å². The monoisotopic (exact) mass is 605 g/mol. The molecule has 0 heterocycles. The van der Waals surface area contributed by atoms with Crippen molar-refractivity contribution in [3.63, 3.8) is 0 Å². The fourth-order valence-electron chi connectivity index (χ4n) is 3.91. The Morgan fingerprint density at radius 1 is 0.950 bits per heavy atom. The van der Waals surface area contributed by atoms with Crippen molar-refractivity contribution >= 4 is 50.7 Å². The molecule has 11 heteroatoms. The van der Waals surface area contributed by atoms with Gasteiger partial charge in [0.2, 0.25) is 11.8 Å². The third kappa shape index (κ3) is 7.90. The van der Waals surface area contributed by atoms with Crippen LogP contribution in [0.15, 0.2) is 77.7 Å². The van der Waals surface area contributed by atoms with Crippen LogP contribution in [0.25, 0.3) is 0 Å². The SMILES string of the molecule is COc1cccc(CN(C(=O)CN(c2cc(Cl)ccc2Cl)S(=O)(=O)c2ccccc2)C(C)C(=O)NCC(C)C)c1. The summed E-state index contributed by atoms with van der Waals surface area (Å²) >= 11 is 12.6. The van der Waals surface area contributed by atoms with Crippen molar-refractivity contribution in [3.05, 3.63) is 88.4 Å². The predicted molar refractivity (Wildman–Crippen MR) is 158 cm³/mol. The summed E-state index contributed by atoms with van der Waals surface area (Å²) in [5.74, 6) is -0.176. The Bertz CT molecular complexity index is 1430. The number of nitrogens with zero attached hydrogens (tertiary/aromatic N) is 2. The second kappa shape index (κ2) is 13.9. The van der Waals surface area contributed by atoms with Gasteiger partial charge in [-0.1, -0.05) is 67.4 Å². The second-order valence-electron chi connectivity index (χ2n) is 9.61. The molecule has 1 atom stereocenters. The Balaban J connectivity index is 2.05. The van der Waals surface area contributed by atoms with Crippen LogP contribution >= 0.6 is 23.2 Å². The van der Waals surface area contributed by atoms with Gasteiger partial charge in [0, 0.05) is 18.1 Å². The summed E-state index contributed by atoms with van der Waals surface area (Å²) < 4.78 is 33.9. The molecular formula is C29H33Cl2N3O5S. The van der Waals surface area contributed by atoms with Crippen LogP contribution in [0.2, 0.25) is 10.0 Å². The van der Waals surface area contributed by atoms with Crippen molar-refractivity contribution in [1.29, 1.82) is 0 Å². The number of benzene rings is 3. The van der Waals surface area contributed by atoms with Gasteiger partial charge in [0.05, 0.1) is 22.7 Å². The van der Waals surface area contributed by atoms with Gasteiger partial charge in [-0.25, -0.2) is 8.42 Å². The van der Waals surface area contributed by atoms with Crippen LogP contribution in [0.5, 0.6) is 5.75 Å². The molecule has 214 valence electrons. The highest BCUT2D eigenvalue weighted by atomic mass is 35.5. The maximum atomic E-state index is 14.0. The van der Waals surface area contributed by atoms with E-state index in [9.17, 15) is 18.0 Å². The first-order valence-corrected chi connectivity index (χ1v) is 14.9. The van der Waals surface area contributed by atoms with Gasteiger partial charge in [0.25, 0.3) is 10.0 Å². The molecule has 1 unspecified atom stereocenters. The Morgan fingerprint density at radius 3 is 2.30 bits per heavy atom. The zero-order valence-corrected chi connectivity index (χ0v) is 25.1. The molecule has 0 fully saturated rings. The molecule has 0 saturated carbocycles. The van der Waals surface area contributed by atoms with Gasteiger partial charge in [0.15, 0.2) is 0 Å². The molecule has 3 aromatic rings. The lowest BCUT2D eigenvalue weighted by atomic mass is 10.1. The largest absolute Gasteiger partial charge is 0.497 e. The normalized spacial score (nSPS) is 12.1. The molecular weight excluding hydrogens is 573 g/mol. The summed E-state index contributed by atoms with van der Waals surface area (Å²) in [6.07, 6.45) is 0. The molecule has 0 aliphatic heterocycles.